The van der Waals surface area contributed by atoms with Crippen LogP contribution in [0.1, 0.15) is 46.2 Å². The van der Waals surface area contributed by atoms with Gasteiger partial charge in [-0.05, 0) is 24.0 Å². The largest absolute Gasteiger partial charge is 0.480 e. The molecule has 1 atom stereocenters. The van der Waals surface area contributed by atoms with Crippen LogP contribution in [0.5, 0.6) is 0 Å². The zero-order chi connectivity index (χ0) is 27.8. The third kappa shape index (κ3) is 6.51. The van der Waals surface area contributed by atoms with Gasteiger partial charge >= 0.3 is 5.97 Å². The summed E-state index contributed by atoms with van der Waals surface area (Å²) >= 11 is 0. The summed E-state index contributed by atoms with van der Waals surface area (Å²) in [5.74, 6) is -1.31. The van der Waals surface area contributed by atoms with Gasteiger partial charge in [0.2, 0.25) is 0 Å². The molecule has 4 aromatic rings. The van der Waals surface area contributed by atoms with Crippen molar-refractivity contribution in [1.29, 1.82) is 0 Å². The van der Waals surface area contributed by atoms with Crippen molar-refractivity contribution >= 4 is 17.8 Å². The summed E-state index contributed by atoms with van der Waals surface area (Å²) in [6.45, 7) is 0.267. The Morgan fingerprint density at radius 3 is 1.97 bits per heavy atom. The molecule has 9 nitrogen and oxygen atoms in total. The van der Waals surface area contributed by atoms with Crippen molar-refractivity contribution in [2.24, 2.45) is 23.5 Å². The molecule has 3 aromatic carbocycles. The molecule has 0 aliphatic rings. The van der Waals surface area contributed by atoms with Crippen LogP contribution in [0.4, 0.5) is 0 Å². The maximum atomic E-state index is 13.7. The van der Waals surface area contributed by atoms with Gasteiger partial charge in [0, 0.05) is 19.2 Å². The molecule has 4 rings (SSSR count). The highest BCUT2D eigenvalue weighted by atomic mass is 16.4. The number of aliphatic carboxylic acids is 1. The number of nitrogens with two attached hydrogens (primary N) is 2. The lowest BCUT2D eigenvalue weighted by molar-refractivity contribution is -0.139. The first-order valence-electron chi connectivity index (χ1n) is 12.7. The lowest BCUT2D eigenvalue weighted by Gasteiger charge is -2.19. The number of nitrogens with zero attached hydrogens (tertiary/aromatic N) is 3. The maximum Gasteiger partial charge on any atom is 0.326 e. The molecule has 6 N–H and O–H groups in total. The second-order valence-electron chi connectivity index (χ2n) is 9.16. The van der Waals surface area contributed by atoms with E-state index in [1.165, 1.54) is 0 Å². The van der Waals surface area contributed by atoms with E-state index in [0.29, 0.717) is 17.9 Å². The van der Waals surface area contributed by atoms with Gasteiger partial charge in [0.15, 0.2) is 5.96 Å². The van der Waals surface area contributed by atoms with Gasteiger partial charge in [-0.25, -0.2) is 9.78 Å². The highest BCUT2D eigenvalue weighted by molar-refractivity contribution is 6.00. The quantitative estimate of drug-likeness (QED) is 0.134. The fourth-order valence-electron chi connectivity index (χ4n) is 4.60. The van der Waals surface area contributed by atoms with Crippen LogP contribution >= 0.6 is 0 Å². The third-order valence-corrected chi connectivity index (χ3v) is 6.46. The molecule has 39 heavy (non-hydrogen) atoms. The Morgan fingerprint density at radius 1 is 0.923 bits per heavy atom. The minimum absolute atomic E-state index is 0.0628. The predicted octanol–water partition coefficient (Wildman–Crippen LogP) is 3.50. The van der Waals surface area contributed by atoms with Crippen molar-refractivity contribution in [3.8, 4) is 11.3 Å². The van der Waals surface area contributed by atoms with Gasteiger partial charge in [0.25, 0.3) is 5.91 Å². The van der Waals surface area contributed by atoms with Gasteiger partial charge in [-0.2, -0.15) is 0 Å². The van der Waals surface area contributed by atoms with Crippen LogP contribution in [-0.2, 0) is 11.8 Å². The number of carboxylic acids is 1. The van der Waals surface area contributed by atoms with E-state index in [1.807, 2.05) is 91.0 Å². The van der Waals surface area contributed by atoms with Gasteiger partial charge < -0.3 is 26.5 Å². The SMILES string of the molecule is Cn1c(C(c2ccccc2)c2ccccc2)nc(-c2ccccc2)c1C(=O)N[C@@H](CCCN=C(N)N)C(=O)O. The van der Waals surface area contributed by atoms with Crippen molar-refractivity contribution < 1.29 is 14.7 Å². The number of carboxylic acid groups (broad SMARTS) is 1. The number of imidazole rings is 1. The van der Waals surface area contributed by atoms with Crippen molar-refractivity contribution in [3.05, 3.63) is 114 Å². The highest BCUT2D eigenvalue weighted by Gasteiger charge is 2.30. The molecule has 0 saturated carbocycles. The first-order chi connectivity index (χ1) is 18.9. The molecule has 0 spiro atoms. The van der Waals surface area contributed by atoms with Gasteiger partial charge in [0.05, 0.1) is 5.92 Å². The molecule has 1 amide bonds. The summed E-state index contributed by atoms with van der Waals surface area (Å²) in [6, 6.07) is 28.2. The average molecular weight is 525 g/mol. The van der Waals surface area contributed by atoms with E-state index in [0.717, 1.165) is 16.7 Å². The van der Waals surface area contributed by atoms with E-state index in [9.17, 15) is 14.7 Å². The molecular weight excluding hydrogens is 492 g/mol. The van der Waals surface area contributed by atoms with Crippen molar-refractivity contribution in [2.75, 3.05) is 6.54 Å². The lowest BCUT2D eigenvalue weighted by Crippen LogP contribution is -2.41. The number of aromatic nitrogens is 2. The van der Waals surface area contributed by atoms with Crippen molar-refractivity contribution in [1.82, 2.24) is 14.9 Å². The van der Waals surface area contributed by atoms with Crippen LogP contribution in [0.2, 0.25) is 0 Å². The predicted molar refractivity (Wildman–Crippen MR) is 151 cm³/mol. The Balaban J connectivity index is 1.78. The smallest absolute Gasteiger partial charge is 0.326 e. The second-order valence-corrected chi connectivity index (χ2v) is 9.16. The molecule has 0 fully saturated rings. The lowest BCUT2D eigenvalue weighted by atomic mass is 9.90. The third-order valence-electron chi connectivity index (χ3n) is 6.46. The number of amides is 1. The van der Waals surface area contributed by atoms with E-state index in [-0.39, 0.29) is 30.5 Å². The van der Waals surface area contributed by atoms with E-state index in [4.69, 9.17) is 16.5 Å². The zero-order valence-electron chi connectivity index (χ0n) is 21.7. The molecule has 0 aliphatic carbocycles. The van der Waals surface area contributed by atoms with E-state index in [2.05, 4.69) is 10.3 Å². The molecule has 1 heterocycles. The minimum Gasteiger partial charge on any atom is -0.480 e. The summed E-state index contributed by atoms with van der Waals surface area (Å²) in [6.07, 6.45) is 0.557. The maximum absolute atomic E-state index is 13.7. The number of carbonyl (C=O) groups excluding carboxylic acids is 1. The topological polar surface area (TPSA) is 149 Å². The molecule has 0 aliphatic heterocycles. The number of nitrogens with one attached hydrogen (secondary N) is 1. The fraction of sp³-hybridized carbons (Fsp3) is 0.200. The Hall–Kier alpha value is -4.92. The zero-order valence-corrected chi connectivity index (χ0v) is 21.7. The Labute approximate surface area is 227 Å². The number of guanidine groups is 1. The average Bonchev–Trinajstić information content (AvgIpc) is 3.28. The first-order valence-corrected chi connectivity index (χ1v) is 12.7. The van der Waals surface area contributed by atoms with Crippen LogP contribution in [0.3, 0.4) is 0 Å². The summed E-state index contributed by atoms with van der Waals surface area (Å²) in [5, 5.41) is 12.5. The Morgan fingerprint density at radius 2 is 1.46 bits per heavy atom. The number of hydrogen-bond acceptors (Lipinski definition) is 4. The van der Waals surface area contributed by atoms with Gasteiger partial charge in [-0.1, -0.05) is 91.0 Å². The Bertz CT molecular complexity index is 1390. The molecule has 0 bridgehead atoms. The van der Waals surface area contributed by atoms with Crippen LogP contribution in [-0.4, -0.2) is 45.1 Å². The molecule has 9 heteroatoms. The first kappa shape index (κ1) is 27.1. The number of rotatable bonds is 11. The number of aliphatic imine (C=N–C) groups is 1. The normalized spacial score (nSPS) is 11.6. The van der Waals surface area contributed by atoms with E-state index >= 15 is 0 Å². The fourth-order valence-corrected chi connectivity index (χ4v) is 4.60. The van der Waals surface area contributed by atoms with Gasteiger partial charge in [-0.3, -0.25) is 9.79 Å². The van der Waals surface area contributed by atoms with Crippen LogP contribution in [0, 0.1) is 0 Å². The molecule has 0 unspecified atom stereocenters. The Kier molecular flexibility index (Phi) is 8.73. The molecule has 0 radical (unpaired) electrons. The summed E-state index contributed by atoms with van der Waals surface area (Å²) in [7, 11) is 1.79. The molecular formula is C30H32N6O3. The van der Waals surface area contributed by atoms with Gasteiger partial charge in [0.1, 0.15) is 23.3 Å². The summed E-state index contributed by atoms with van der Waals surface area (Å²) < 4.78 is 1.76. The highest BCUT2D eigenvalue weighted by Crippen LogP contribution is 2.34. The van der Waals surface area contributed by atoms with Crippen molar-refractivity contribution in [2.45, 2.75) is 24.8 Å². The summed E-state index contributed by atoms with van der Waals surface area (Å²) in [5.41, 5.74) is 14.3. The molecule has 200 valence electrons. The van der Waals surface area contributed by atoms with Crippen LogP contribution < -0.4 is 16.8 Å². The second kappa shape index (κ2) is 12.6. The number of hydrogen-bond donors (Lipinski definition) is 4. The van der Waals surface area contributed by atoms with Crippen LogP contribution in [0.15, 0.2) is 96.0 Å². The van der Waals surface area contributed by atoms with Gasteiger partial charge in [-0.15, -0.1) is 0 Å². The molecule has 0 saturated heterocycles. The summed E-state index contributed by atoms with van der Waals surface area (Å²) in [4.78, 5) is 34.6. The monoisotopic (exact) mass is 524 g/mol. The van der Waals surface area contributed by atoms with E-state index < -0.39 is 17.9 Å². The van der Waals surface area contributed by atoms with Crippen molar-refractivity contribution in [3.63, 3.8) is 0 Å². The molecule has 1 aromatic heterocycles. The number of benzene rings is 3. The minimum atomic E-state index is -1.14. The number of carbonyl (C=O) groups is 2. The van der Waals surface area contributed by atoms with Crippen LogP contribution in [0.25, 0.3) is 11.3 Å². The van der Waals surface area contributed by atoms with E-state index in [1.54, 1.807) is 11.6 Å². The standard InChI is InChI=1S/C30H32N6O3/c1-36-26(28(37)34-23(29(38)39)18-11-19-33-30(31)32)25(22-16-9-4-10-17-22)35-27(36)24(20-12-5-2-6-13-20)21-14-7-3-8-15-21/h2-10,12-17,23-24H,11,18-19H2,1H3,(H,34,37)(H,38,39)(H4,31,32,33)/t23-/m0/s1.